The maximum Gasteiger partial charge on any atom is 0.355 e. The number of nitriles is 1. The highest BCUT2D eigenvalue weighted by atomic mass is 16.5. The number of benzene rings is 2. The van der Waals surface area contributed by atoms with Crippen LogP contribution in [0.25, 0.3) is 28.3 Å². The summed E-state index contributed by atoms with van der Waals surface area (Å²) in [6, 6.07) is 21.7. The number of nitrogens with zero attached hydrogens (tertiary/aromatic N) is 7. The summed E-state index contributed by atoms with van der Waals surface area (Å²) in [5.74, 6) is 1.24. The molecule has 3 heterocycles. The number of hydrogen-bond acceptors (Lipinski definition) is 7. The molecule has 0 saturated heterocycles. The van der Waals surface area contributed by atoms with Crippen molar-refractivity contribution in [2.24, 2.45) is 0 Å². The van der Waals surface area contributed by atoms with Crippen molar-refractivity contribution in [1.82, 2.24) is 34.7 Å². The number of aromatic nitrogens is 7. The second-order valence-corrected chi connectivity index (χ2v) is 8.38. The molecule has 0 spiro atoms. The number of aryl methyl sites for hydroxylation is 1. The van der Waals surface area contributed by atoms with Gasteiger partial charge in [0.1, 0.15) is 17.6 Å². The minimum absolute atomic E-state index is 0.316. The lowest BCUT2D eigenvalue weighted by Gasteiger charge is -2.11. The van der Waals surface area contributed by atoms with Gasteiger partial charge in [-0.2, -0.15) is 10.5 Å². The standard InChI is InChI=1S/C27H24N8O2/c1-3-7-24-29-26(34-15-6-10-22(34)27(36)37-2)23(16-28)35(24)17-18-11-13-19(14-12-18)20-8-4-5-9-21(20)25-30-32-33-31-25/h4-6,8-15H,3,7,17H2,1-2H3,(H,30,31,32,33). The van der Waals surface area contributed by atoms with Gasteiger partial charge in [-0.15, -0.1) is 10.2 Å². The Hall–Kier alpha value is -5.04. The number of carbonyl (C=O) groups excluding carboxylic acids is 1. The Morgan fingerprint density at radius 2 is 1.86 bits per heavy atom. The number of tetrazole rings is 1. The van der Waals surface area contributed by atoms with Crippen LogP contribution in [0.4, 0.5) is 0 Å². The Morgan fingerprint density at radius 3 is 2.54 bits per heavy atom. The van der Waals surface area contributed by atoms with Crippen LogP contribution in [0.5, 0.6) is 0 Å². The molecule has 184 valence electrons. The summed E-state index contributed by atoms with van der Waals surface area (Å²) in [6.07, 6.45) is 3.27. The summed E-state index contributed by atoms with van der Waals surface area (Å²) in [7, 11) is 1.33. The average molecular weight is 493 g/mol. The third-order valence-electron chi connectivity index (χ3n) is 6.10. The van der Waals surface area contributed by atoms with Crippen molar-refractivity contribution in [3.05, 3.63) is 89.6 Å². The molecule has 5 aromatic rings. The van der Waals surface area contributed by atoms with E-state index in [0.717, 1.165) is 34.5 Å². The van der Waals surface area contributed by atoms with Gasteiger partial charge in [0.2, 0.25) is 5.82 Å². The van der Waals surface area contributed by atoms with Gasteiger partial charge < -0.3 is 9.30 Å². The Labute approximate surface area is 213 Å². The molecule has 0 amide bonds. The van der Waals surface area contributed by atoms with Crippen molar-refractivity contribution in [2.75, 3.05) is 7.11 Å². The van der Waals surface area contributed by atoms with Crippen molar-refractivity contribution in [3.8, 4) is 34.4 Å². The lowest BCUT2D eigenvalue weighted by atomic mass is 9.98. The van der Waals surface area contributed by atoms with E-state index >= 15 is 0 Å². The van der Waals surface area contributed by atoms with Gasteiger partial charge >= 0.3 is 5.97 Å². The quantitative estimate of drug-likeness (QED) is 0.322. The van der Waals surface area contributed by atoms with E-state index in [-0.39, 0.29) is 0 Å². The van der Waals surface area contributed by atoms with Crippen molar-refractivity contribution in [3.63, 3.8) is 0 Å². The molecular formula is C27H24N8O2. The molecule has 0 unspecified atom stereocenters. The number of carbonyl (C=O) groups is 1. The molecule has 10 nitrogen and oxygen atoms in total. The van der Waals surface area contributed by atoms with Gasteiger partial charge in [-0.05, 0) is 40.5 Å². The van der Waals surface area contributed by atoms with E-state index in [1.54, 1.807) is 22.9 Å². The van der Waals surface area contributed by atoms with Crippen LogP contribution in [0.1, 0.15) is 40.9 Å². The number of imidazole rings is 1. The van der Waals surface area contributed by atoms with E-state index in [0.29, 0.717) is 36.0 Å². The molecule has 0 aliphatic carbocycles. The zero-order valence-electron chi connectivity index (χ0n) is 20.4. The molecule has 0 aliphatic rings. The van der Waals surface area contributed by atoms with Gasteiger partial charge in [0, 0.05) is 18.2 Å². The predicted octanol–water partition coefficient (Wildman–Crippen LogP) is 4.18. The predicted molar refractivity (Wildman–Crippen MR) is 136 cm³/mol. The smallest absolute Gasteiger partial charge is 0.355 e. The second kappa shape index (κ2) is 10.3. The van der Waals surface area contributed by atoms with Gasteiger partial charge in [0.25, 0.3) is 0 Å². The fraction of sp³-hybridized carbons (Fsp3) is 0.185. The first-order chi connectivity index (χ1) is 18.1. The molecule has 2 aromatic carbocycles. The molecule has 0 bridgehead atoms. The van der Waals surface area contributed by atoms with Gasteiger partial charge in [0.05, 0.1) is 13.7 Å². The number of H-pyrrole nitrogens is 1. The van der Waals surface area contributed by atoms with Crippen molar-refractivity contribution >= 4 is 5.97 Å². The summed E-state index contributed by atoms with van der Waals surface area (Å²) in [5.41, 5.74) is 4.60. The second-order valence-electron chi connectivity index (χ2n) is 8.38. The first-order valence-electron chi connectivity index (χ1n) is 11.8. The molecule has 10 heteroatoms. The normalized spacial score (nSPS) is 10.8. The SMILES string of the molecule is CCCc1nc(-n2cccc2C(=O)OC)c(C#N)n1Cc1ccc(-c2ccccc2-c2nn[nH]n2)cc1. The number of aromatic amines is 1. The highest BCUT2D eigenvalue weighted by Crippen LogP contribution is 2.30. The molecule has 0 radical (unpaired) electrons. The molecular weight excluding hydrogens is 468 g/mol. The molecule has 0 saturated carbocycles. The van der Waals surface area contributed by atoms with E-state index in [2.05, 4.69) is 33.6 Å². The number of nitrogens with one attached hydrogen (secondary N) is 1. The van der Waals surface area contributed by atoms with Gasteiger partial charge in [0.15, 0.2) is 11.5 Å². The molecule has 0 fully saturated rings. The van der Waals surface area contributed by atoms with Crippen LogP contribution in [0.3, 0.4) is 0 Å². The third-order valence-corrected chi connectivity index (χ3v) is 6.10. The van der Waals surface area contributed by atoms with E-state index in [4.69, 9.17) is 9.72 Å². The summed E-state index contributed by atoms with van der Waals surface area (Å²) in [5, 5.41) is 24.5. The minimum Gasteiger partial charge on any atom is -0.464 e. The van der Waals surface area contributed by atoms with Gasteiger partial charge in [-0.1, -0.05) is 55.5 Å². The minimum atomic E-state index is -0.489. The molecule has 37 heavy (non-hydrogen) atoms. The number of esters is 1. The Kier molecular flexibility index (Phi) is 6.59. The fourth-order valence-electron chi connectivity index (χ4n) is 4.36. The van der Waals surface area contributed by atoms with E-state index in [1.165, 1.54) is 7.11 Å². The Bertz CT molecular complexity index is 1570. The van der Waals surface area contributed by atoms with Crippen LogP contribution < -0.4 is 0 Å². The summed E-state index contributed by atoms with van der Waals surface area (Å²) in [4.78, 5) is 17.0. The summed E-state index contributed by atoms with van der Waals surface area (Å²) >= 11 is 0. The van der Waals surface area contributed by atoms with Crippen LogP contribution in [0, 0.1) is 11.3 Å². The molecule has 0 aliphatic heterocycles. The van der Waals surface area contributed by atoms with E-state index in [1.807, 2.05) is 53.1 Å². The summed E-state index contributed by atoms with van der Waals surface area (Å²) in [6.45, 7) is 2.53. The fourth-order valence-corrected chi connectivity index (χ4v) is 4.36. The monoisotopic (exact) mass is 492 g/mol. The molecule has 3 aromatic heterocycles. The molecule has 5 rings (SSSR count). The largest absolute Gasteiger partial charge is 0.464 e. The number of methoxy groups -OCH3 is 1. The summed E-state index contributed by atoms with van der Waals surface area (Å²) < 4.78 is 8.43. The van der Waals surface area contributed by atoms with Gasteiger partial charge in [-0.3, -0.25) is 4.57 Å². The lowest BCUT2D eigenvalue weighted by molar-refractivity contribution is 0.0591. The Morgan fingerprint density at radius 1 is 1.08 bits per heavy atom. The van der Waals surface area contributed by atoms with Crippen LogP contribution in [0.15, 0.2) is 66.9 Å². The number of hydrogen-bond donors (Lipinski definition) is 1. The van der Waals surface area contributed by atoms with Crippen LogP contribution >= 0.6 is 0 Å². The first-order valence-corrected chi connectivity index (χ1v) is 11.8. The maximum absolute atomic E-state index is 12.3. The van der Waals surface area contributed by atoms with Crippen molar-refractivity contribution < 1.29 is 9.53 Å². The van der Waals surface area contributed by atoms with Gasteiger partial charge in [-0.25, -0.2) is 9.78 Å². The zero-order valence-corrected chi connectivity index (χ0v) is 20.4. The van der Waals surface area contributed by atoms with Crippen molar-refractivity contribution in [2.45, 2.75) is 26.3 Å². The van der Waals surface area contributed by atoms with Crippen molar-refractivity contribution in [1.29, 1.82) is 5.26 Å². The highest BCUT2D eigenvalue weighted by Gasteiger charge is 2.22. The average Bonchev–Trinajstić information content (AvgIpc) is 3.70. The number of rotatable bonds is 8. The Balaban J connectivity index is 1.50. The highest BCUT2D eigenvalue weighted by molar-refractivity contribution is 5.88. The molecule has 1 N–H and O–H groups in total. The molecule has 0 atom stereocenters. The van der Waals surface area contributed by atoms with Crippen LogP contribution in [0.2, 0.25) is 0 Å². The maximum atomic E-state index is 12.3. The lowest BCUT2D eigenvalue weighted by Crippen LogP contribution is -2.10. The first kappa shape index (κ1) is 23.7. The topological polar surface area (TPSA) is 127 Å². The van der Waals surface area contributed by atoms with Crippen LogP contribution in [-0.2, 0) is 17.7 Å². The van der Waals surface area contributed by atoms with Crippen LogP contribution in [-0.4, -0.2) is 47.8 Å². The third kappa shape index (κ3) is 4.50. The van der Waals surface area contributed by atoms with E-state index in [9.17, 15) is 10.1 Å². The zero-order chi connectivity index (χ0) is 25.8. The van der Waals surface area contributed by atoms with E-state index < -0.39 is 5.97 Å². The number of ether oxygens (including phenoxy) is 1.